The first-order valence-electron chi connectivity index (χ1n) is 6.29. The second kappa shape index (κ2) is 6.36. The SMILES string of the molecule is COC(=O)CN(c1cc(=O)[nH]c(C(C)C)n1)C(C)C. The molecule has 6 nitrogen and oxygen atoms in total. The van der Waals surface area contributed by atoms with Gasteiger partial charge in [-0.25, -0.2) is 4.98 Å². The number of rotatable bonds is 5. The molecule has 6 heteroatoms. The van der Waals surface area contributed by atoms with Crippen LogP contribution in [0, 0.1) is 0 Å². The van der Waals surface area contributed by atoms with Crippen LogP contribution in [-0.4, -0.2) is 35.6 Å². The van der Waals surface area contributed by atoms with E-state index in [-0.39, 0.29) is 30.0 Å². The number of carbonyl (C=O) groups is 1. The van der Waals surface area contributed by atoms with E-state index in [1.54, 1.807) is 4.90 Å². The first kappa shape index (κ1) is 15.2. The van der Waals surface area contributed by atoms with E-state index < -0.39 is 0 Å². The minimum Gasteiger partial charge on any atom is -0.468 e. The van der Waals surface area contributed by atoms with Crippen molar-refractivity contribution in [3.05, 3.63) is 22.2 Å². The average molecular weight is 267 g/mol. The molecule has 0 aliphatic carbocycles. The first-order valence-corrected chi connectivity index (χ1v) is 6.29. The lowest BCUT2D eigenvalue weighted by atomic mass is 10.2. The monoisotopic (exact) mass is 267 g/mol. The number of carbonyl (C=O) groups excluding carboxylic acids is 1. The van der Waals surface area contributed by atoms with E-state index in [4.69, 9.17) is 0 Å². The molecule has 0 aliphatic heterocycles. The normalized spacial score (nSPS) is 10.9. The minimum absolute atomic E-state index is 0.0356. The summed E-state index contributed by atoms with van der Waals surface area (Å²) in [7, 11) is 1.34. The number of hydrogen-bond acceptors (Lipinski definition) is 5. The summed E-state index contributed by atoms with van der Waals surface area (Å²) in [6.45, 7) is 7.83. The Morgan fingerprint density at radius 3 is 2.53 bits per heavy atom. The molecule has 0 bridgehead atoms. The van der Waals surface area contributed by atoms with E-state index in [1.165, 1.54) is 13.2 Å². The van der Waals surface area contributed by atoms with Crippen LogP contribution >= 0.6 is 0 Å². The maximum absolute atomic E-state index is 11.7. The lowest BCUT2D eigenvalue weighted by Gasteiger charge is -2.26. The van der Waals surface area contributed by atoms with Gasteiger partial charge in [0.25, 0.3) is 5.56 Å². The third-order valence-corrected chi connectivity index (χ3v) is 2.74. The van der Waals surface area contributed by atoms with E-state index in [0.29, 0.717) is 11.6 Å². The molecule has 0 unspecified atom stereocenters. The lowest BCUT2D eigenvalue weighted by Crippen LogP contribution is -2.38. The van der Waals surface area contributed by atoms with Crippen LogP contribution in [0.25, 0.3) is 0 Å². The molecule has 0 fully saturated rings. The Labute approximate surface area is 112 Å². The Hall–Kier alpha value is -1.85. The van der Waals surface area contributed by atoms with Gasteiger partial charge in [-0.3, -0.25) is 9.59 Å². The number of hydrogen-bond donors (Lipinski definition) is 1. The van der Waals surface area contributed by atoms with Crippen molar-refractivity contribution in [2.24, 2.45) is 0 Å². The number of H-pyrrole nitrogens is 1. The van der Waals surface area contributed by atoms with Gasteiger partial charge in [0.15, 0.2) is 0 Å². The topological polar surface area (TPSA) is 75.3 Å². The van der Waals surface area contributed by atoms with E-state index in [0.717, 1.165) is 0 Å². The summed E-state index contributed by atoms with van der Waals surface area (Å²) in [6.07, 6.45) is 0. The number of esters is 1. The highest BCUT2D eigenvalue weighted by atomic mass is 16.5. The lowest BCUT2D eigenvalue weighted by molar-refractivity contribution is -0.139. The predicted octanol–water partition coefficient (Wildman–Crippen LogP) is 1.28. The molecule has 0 radical (unpaired) electrons. The smallest absolute Gasteiger partial charge is 0.325 e. The van der Waals surface area contributed by atoms with Crippen molar-refractivity contribution in [3.8, 4) is 0 Å². The maximum atomic E-state index is 11.7. The summed E-state index contributed by atoms with van der Waals surface area (Å²) in [5.74, 6) is 0.854. The van der Waals surface area contributed by atoms with Crippen LogP contribution in [0.1, 0.15) is 39.4 Å². The average Bonchev–Trinajstić information content (AvgIpc) is 2.34. The summed E-state index contributed by atoms with van der Waals surface area (Å²) >= 11 is 0. The standard InChI is InChI=1S/C13H21N3O3/c1-8(2)13-14-10(6-11(17)15-13)16(9(3)4)7-12(18)19-5/h6,8-9H,7H2,1-5H3,(H,14,15,17). The second-order valence-electron chi connectivity index (χ2n) is 4.94. The molecular weight excluding hydrogens is 246 g/mol. The molecule has 0 saturated heterocycles. The molecule has 1 aromatic heterocycles. The summed E-state index contributed by atoms with van der Waals surface area (Å²) < 4.78 is 4.67. The molecule has 19 heavy (non-hydrogen) atoms. The van der Waals surface area contributed by atoms with E-state index in [2.05, 4.69) is 14.7 Å². The molecule has 1 rings (SSSR count). The van der Waals surface area contributed by atoms with Crippen LogP contribution in [0.2, 0.25) is 0 Å². The van der Waals surface area contributed by atoms with E-state index in [9.17, 15) is 9.59 Å². The number of ether oxygens (including phenoxy) is 1. The maximum Gasteiger partial charge on any atom is 0.325 e. The fourth-order valence-corrected chi connectivity index (χ4v) is 1.62. The van der Waals surface area contributed by atoms with Crippen molar-refractivity contribution in [1.29, 1.82) is 0 Å². The summed E-state index contributed by atoms with van der Waals surface area (Å²) in [5.41, 5.74) is -0.218. The first-order chi connectivity index (χ1) is 8.85. The highest BCUT2D eigenvalue weighted by molar-refractivity contribution is 5.75. The van der Waals surface area contributed by atoms with Crippen LogP contribution in [0.3, 0.4) is 0 Å². The van der Waals surface area contributed by atoms with E-state index >= 15 is 0 Å². The number of methoxy groups -OCH3 is 1. The molecule has 106 valence electrons. The van der Waals surface area contributed by atoms with E-state index in [1.807, 2.05) is 27.7 Å². The number of nitrogens with zero attached hydrogens (tertiary/aromatic N) is 2. The van der Waals surface area contributed by atoms with Crippen molar-refractivity contribution >= 4 is 11.8 Å². The zero-order valence-electron chi connectivity index (χ0n) is 12.1. The Balaban J connectivity index is 3.15. The van der Waals surface area contributed by atoms with Gasteiger partial charge in [-0.05, 0) is 13.8 Å². The zero-order chi connectivity index (χ0) is 14.6. The van der Waals surface area contributed by atoms with Crippen LogP contribution in [-0.2, 0) is 9.53 Å². The van der Waals surface area contributed by atoms with Crippen LogP contribution in [0.4, 0.5) is 5.82 Å². The van der Waals surface area contributed by atoms with Crippen LogP contribution in [0.5, 0.6) is 0 Å². The molecule has 0 amide bonds. The van der Waals surface area contributed by atoms with Crippen molar-refractivity contribution in [1.82, 2.24) is 9.97 Å². The van der Waals surface area contributed by atoms with Gasteiger partial charge >= 0.3 is 5.97 Å². The number of nitrogens with one attached hydrogen (secondary N) is 1. The molecular formula is C13H21N3O3. The van der Waals surface area contributed by atoms with Crippen molar-refractivity contribution in [2.45, 2.75) is 39.7 Å². The molecule has 1 aromatic rings. The van der Waals surface area contributed by atoms with Crippen LogP contribution < -0.4 is 10.5 Å². The molecule has 1 N–H and O–H groups in total. The third-order valence-electron chi connectivity index (χ3n) is 2.74. The number of aromatic nitrogens is 2. The molecule has 0 saturated carbocycles. The highest BCUT2D eigenvalue weighted by Crippen LogP contribution is 2.15. The quantitative estimate of drug-likeness (QED) is 0.813. The van der Waals surface area contributed by atoms with Crippen LogP contribution in [0.15, 0.2) is 10.9 Å². The minimum atomic E-state index is -0.359. The Morgan fingerprint density at radius 2 is 2.05 bits per heavy atom. The molecule has 0 aliphatic rings. The van der Waals surface area contributed by atoms with Gasteiger partial charge in [-0.2, -0.15) is 0 Å². The van der Waals surface area contributed by atoms with Gasteiger partial charge in [-0.1, -0.05) is 13.8 Å². The molecule has 0 aromatic carbocycles. The number of aromatic amines is 1. The fourth-order valence-electron chi connectivity index (χ4n) is 1.62. The van der Waals surface area contributed by atoms with Gasteiger partial charge in [0.2, 0.25) is 0 Å². The second-order valence-corrected chi connectivity index (χ2v) is 4.94. The largest absolute Gasteiger partial charge is 0.468 e. The highest BCUT2D eigenvalue weighted by Gasteiger charge is 2.18. The van der Waals surface area contributed by atoms with Crippen molar-refractivity contribution in [2.75, 3.05) is 18.6 Å². The Morgan fingerprint density at radius 1 is 1.42 bits per heavy atom. The number of anilines is 1. The third kappa shape index (κ3) is 4.08. The van der Waals surface area contributed by atoms with Crippen molar-refractivity contribution < 1.29 is 9.53 Å². The van der Waals surface area contributed by atoms with Gasteiger partial charge in [0.05, 0.1) is 7.11 Å². The summed E-state index contributed by atoms with van der Waals surface area (Å²) in [4.78, 5) is 31.9. The van der Waals surface area contributed by atoms with Gasteiger partial charge in [0.1, 0.15) is 18.2 Å². The zero-order valence-corrected chi connectivity index (χ0v) is 12.1. The predicted molar refractivity (Wildman–Crippen MR) is 73.4 cm³/mol. The molecule has 0 atom stereocenters. The summed E-state index contributed by atoms with van der Waals surface area (Å²) in [6, 6.07) is 1.43. The van der Waals surface area contributed by atoms with Gasteiger partial charge in [-0.15, -0.1) is 0 Å². The Bertz CT molecular complexity index is 494. The van der Waals surface area contributed by atoms with Gasteiger partial charge < -0.3 is 14.6 Å². The van der Waals surface area contributed by atoms with Crippen molar-refractivity contribution in [3.63, 3.8) is 0 Å². The Kier molecular flexibility index (Phi) is 5.09. The molecule has 0 spiro atoms. The molecule has 1 heterocycles. The summed E-state index contributed by atoms with van der Waals surface area (Å²) in [5, 5.41) is 0. The fraction of sp³-hybridized carbons (Fsp3) is 0.615. The van der Waals surface area contributed by atoms with Gasteiger partial charge in [0, 0.05) is 18.0 Å².